The van der Waals surface area contributed by atoms with Crippen LogP contribution in [0.2, 0.25) is 0 Å². The second-order valence-electron chi connectivity index (χ2n) is 10.8. The van der Waals surface area contributed by atoms with Gasteiger partial charge < -0.3 is 29.6 Å². The lowest BCUT2D eigenvalue weighted by molar-refractivity contribution is -0.140. The molecule has 8 nitrogen and oxygen atoms in total. The van der Waals surface area contributed by atoms with Crippen LogP contribution in [0.5, 0.6) is 5.75 Å². The van der Waals surface area contributed by atoms with E-state index in [1.807, 2.05) is 32.9 Å². The van der Waals surface area contributed by atoms with E-state index in [0.29, 0.717) is 32.0 Å². The number of carbonyl (C=O) groups excluding carboxylic acids is 2. The van der Waals surface area contributed by atoms with Gasteiger partial charge in [0.2, 0.25) is 0 Å². The lowest BCUT2D eigenvalue weighted by Gasteiger charge is -2.36. The molecule has 36 heavy (non-hydrogen) atoms. The molecule has 1 amide bonds. The maximum Gasteiger partial charge on any atom is 0.407 e. The predicted octanol–water partition coefficient (Wildman–Crippen LogP) is 4.71. The first kappa shape index (κ1) is 28.3. The van der Waals surface area contributed by atoms with Gasteiger partial charge in [-0.3, -0.25) is 4.79 Å². The zero-order valence-corrected chi connectivity index (χ0v) is 22.3. The summed E-state index contributed by atoms with van der Waals surface area (Å²) in [7, 11) is 1.41. The van der Waals surface area contributed by atoms with Crippen molar-refractivity contribution in [2.75, 3.05) is 26.9 Å². The van der Waals surface area contributed by atoms with Crippen molar-refractivity contribution in [1.29, 1.82) is 0 Å². The number of piperidine rings is 1. The fourth-order valence-electron chi connectivity index (χ4n) is 4.99. The second kappa shape index (κ2) is 13.8. The molecule has 202 valence electrons. The average Bonchev–Trinajstić information content (AvgIpc) is 2.85. The average molecular weight is 505 g/mol. The molecule has 8 heteroatoms. The summed E-state index contributed by atoms with van der Waals surface area (Å²) in [4.78, 5) is 23.6. The Bertz CT molecular complexity index is 832. The SMILES string of the molecule is COC(=O)CCCOc1ccccc1C1CCC(OC[C@H]2NCCC[C@@H]2NC(=O)OC(C)(C)C)CC1. The van der Waals surface area contributed by atoms with Crippen molar-refractivity contribution < 1.29 is 28.5 Å². The Morgan fingerprint density at radius 1 is 1.08 bits per heavy atom. The van der Waals surface area contributed by atoms with Crippen molar-refractivity contribution in [1.82, 2.24) is 10.6 Å². The van der Waals surface area contributed by atoms with E-state index in [1.54, 1.807) is 0 Å². The molecule has 1 saturated heterocycles. The molecule has 1 aromatic carbocycles. The van der Waals surface area contributed by atoms with Crippen molar-refractivity contribution in [2.45, 2.75) is 102 Å². The lowest BCUT2D eigenvalue weighted by Crippen LogP contribution is -2.56. The number of rotatable bonds is 10. The highest BCUT2D eigenvalue weighted by Crippen LogP contribution is 2.38. The number of hydrogen-bond donors (Lipinski definition) is 2. The van der Waals surface area contributed by atoms with Crippen LogP contribution in [0.25, 0.3) is 0 Å². The maximum atomic E-state index is 12.3. The van der Waals surface area contributed by atoms with Crippen molar-refractivity contribution in [2.24, 2.45) is 0 Å². The van der Waals surface area contributed by atoms with E-state index in [2.05, 4.69) is 22.8 Å². The summed E-state index contributed by atoms with van der Waals surface area (Å²) in [5, 5.41) is 6.55. The molecular weight excluding hydrogens is 460 g/mol. The zero-order valence-electron chi connectivity index (χ0n) is 22.3. The highest BCUT2D eigenvalue weighted by molar-refractivity contribution is 5.69. The predicted molar refractivity (Wildman–Crippen MR) is 138 cm³/mol. The Balaban J connectivity index is 1.44. The van der Waals surface area contributed by atoms with Gasteiger partial charge in [0.15, 0.2) is 0 Å². The standard InChI is InChI=1S/C28H44N2O6/c1-28(2,3)36-27(32)30-23-10-7-17-29-24(23)19-35-21-15-13-20(14-16-21)22-9-5-6-11-25(22)34-18-8-12-26(31)33-4/h5-6,9,11,20-21,23-24,29H,7-8,10,12-19H2,1-4H3,(H,30,32)/t20?,21?,23-,24+/m0/s1. The largest absolute Gasteiger partial charge is 0.493 e. The Morgan fingerprint density at radius 2 is 1.83 bits per heavy atom. The van der Waals surface area contributed by atoms with Gasteiger partial charge in [-0.1, -0.05) is 18.2 Å². The third-order valence-corrected chi connectivity index (χ3v) is 6.84. The molecule has 0 unspecified atom stereocenters. The number of esters is 1. The molecule has 0 aromatic heterocycles. The molecule has 2 aliphatic rings. The van der Waals surface area contributed by atoms with Crippen LogP contribution in [0.1, 0.15) is 83.6 Å². The number of ether oxygens (including phenoxy) is 4. The fourth-order valence-corrected chi connectivity index (χ4v) is 4.99. The Morgan fingerprint density at radius 3 is 2.56 bits per heavy atom. The molecular formula is C28H44N2O6. The fraction of sp³-hybridized carbons (Fsp3) is 0.714. The molecule has 2 atom stereocenters. The number of methoxy groups -OCH3 is 1. The summed E-state index contributed by atoms with van der Waals surface area (Å²) < 4.78 is 22.5. The minimum atomic E-state index is -0.510. The number of amides is 1. The van der Waals surface area contributed by atoms with Gasteiger partial charge in [0.1, 0.15) is 11.4 Å². The Hall–Kier alpha value is -2.32. The van der Waals surface area contributed by atoms with Gasteiger partial charge in [-0.2, -0.15) is 0 Å². The van der Waals surface area contributed by atoms with Crippen molar-refractivity contribution in [3.05, 3.63) is 29.8 Å². The van der Waals surface area contributed by atoms with Crippen molar-refractivity contribution >= 4 is 12.1 Å². The quantitative estimate of drug-likeness (QED) is 0.352. The van der Waals surface area contributed by atoms with E-state index < -0.39 is 5.60 Å². The molecule has 1 aromatic rings. The first-order chi connectivity index (χ1) is 17.2. The second-order valence-corrected chi connectivity index (χ2v) is 10.8. The van der Waals surface area contributed by atoms with Crippen molar-refractivity contribution in [3.8, 4) is 5.75 Å². The monoisotopic (exact) mass is 504 g/mol. The van der Waals surface area contributed by atoms with Crippen LogP contribution in [-0.4, -0.2) is 62.7 Å². The van der Waals surface area contributed by atoms with Gasteiger partial charge in [-0.05, 0) is 89.8 Å². The molecule has 0 spiro atoms. The zero-order chi connectivity index (χ0) is 26.0. The Labute approximate surface area is 215 Å². The molecule has 1 heterocycles. The van der Waals surface area contributed by atoms with Gasteiger partial charge in [-0.25, -0.2) is 4.79 Å². The number of alkyl carbamates (subject to hydrolysis) is 1. The Kier molecular flexibility index (Phi) is 10.9. The highest BCUT2D eigenvalue weighted by atomic mass is 16.6. The van der Waals surface area contributed by atoms with E-state index in [0.717, 1.165) is 50.8 Å². The number of nitrogens with one attached hydrogen (secondary N) is 2. The van der Waals surface area contributed by atoms with Gasteiger partial charge >= 0.3 is 12.1 Å². The molecule has 3 rings (SSSR count). The number of carbonyl (C=O) groups is 2. The van der Waals surface area contributed by atoms with Gasteiger partial charge in [-0.15, -0.1) is 0 Å². The molecule has 1 saturated carbocycles. The minimum absolute atomic E-state index is 0.00754. The first-order valence-electron chi connectivity index (χ1n) is 13.4. The van der Waals surface area contributed by atoms with Crippen LogP contribution >= 0.6 is 0 Å². The smallest absolute Gasteiger partial charge is 0.407 e. The summed E-state index contributed by atoms with van der Waals surface area (Å²) in [5.74, 6) is 1.14. The van der Waals surface area contributed by atoms with E-state index >= 15 is 0 Å². The molecule has 0 bridgehead atoms. The maximum absolute atomic E-state index is 12.3. The summed E-state index contributed by atoms with van der Waals surface area (Å²) in [6.45, 7) is 7.63. The summed E-state index contributed by atoms with van der Waals surface area (Å²) in [6.07, 6.45) is 6.89. The van der Waals surface area contributed by atoms with Crippen LogP contribution in [0, 0.1) is 0 Å². The molecule has 1 aliphatic carbocycles. The van der Waals surface area contributed by atoms with E-state index in [1.165, 1.54) is 12.7 Å². The molecule has 0 radical (unpaired) electrons. The number of benzene rings is 1. The third kappa shape index (κ3) is 9.28. The first-order valence-corrected chi connectivity index (χ1v) is 13.4. The van der Waals surface area contributed by atoms with Gasteiger partial charge in [0, 0.05) is 12.5 Å². The summed E-state index contributed by atoms with van der Waals surface area (Å²) in [5.41, 5.74) is 0.730. The van der Waals surface area contributed by atoms with Gasteiger partial charge in [0.25, 0.3) is 0 Å². The van der Waals surface area contributed by atoms with Crippen LogP contribution < -0.4 is 15.4 Å². The van der Waals surface area contributed by atoms with Crippen LogP contribution in [0.3, 0.4) is 0 Å². The highest BCUT2D eigenvalue weighted by Gasteiger charge is 2.30. The summed E-state index contributed by atoms with van der Waals surface area (Å²) in [6, 6.07) is 8.32. The lowest BCUT2D eigenvalue weighted by atomic mass is 9.82. The van der Waals surface area contributed by atoms with Gasteiger partial charge in [0.05, 0.1) is 32.5 Å². The number of para-hydroxylation sites is 1. The summed E-state index contributed by atoms with van der Waals surface area (Å²) >= 11 is 0. The molecule has 1 aliphatic heterocycles. The van der Waals surface area contributed by atoms with E-state index in [4.69, 9.17) is 18.9 Å². The normalized spacial score (nSPS) is 24.6. The van der Waals surface area contributed by atoms with E-state index in [9.17, 15) is 9.59 Å². The van der Waals surface area contributed by atoms with Crippen molar-refractivity contribution in [3.63, 3.8) is 0 Å². The third-order valence-electron chi connectivity index (χ3n) is 6.84. The molecule has 2 N–H and O–H groups in total. The number of hydrogen-bond acceptors (Lipinski definition) is 7. The molecule has 2 fully saturated rings. The minimum Gasteiger partial charge on any atom is -0.493 e. The van der Waals surface area contributed by atoms with Crippen LogP contribution in [0.4, 0.5) is 4.79 Å². The van der Waals surface area contributed by atoms with Crippen LogP contribution in [0.15, 0.2) is 24.3 Å². The van der Waals surface area contributed by atoms with Crippen LogP contribution in [-0.2, 0) is 19.0 Å². The van der Waals surface area contributed by atoms with E-state index in [-0.39, 0.29) is 30.3 Å². The topological polar surface area (TPSA) is 95.1 Å².